The van der Waals surface area contributed by atoms with Crippen molar-refractivity contribution < 1.29 is 4.79 Å². The van der Waals surface area contributed by atoms with Crippen molar-refractivity contribution in [1.29, 1.82) is 0 Å². The van der Waals surface area contributed by atoms with Crippen molar-refractivity contribution in [3.05, 3.63) is 11.6 Å². The van der Waals surface area contributed by atoms with Crippen LogP contribution in [0.5, 0.6) is 0 Å². The van der Waals surface area contributed by atoms with E-state index >= 15 is 0 Å². The van der Waals surface area contributed by atoms with Crippen LogP contribution >= 0.6 is 0 Å². The van der Waals surface area contributed by atoms with E-state index in [0.717, 1.165) is 19.3 Å². The molecule has 0 amide bonds. The maximum atomic E-state index is 11.4. The van der Waals surface area contributed by atoms with Crippen molar-refractivity contribution in [2.75, 3.05) is 0 Å². The first-order valence-electron chi connectivity index (χ1n) is 6.55. The minimum atomic E-state index is 0.357. The van der Waals surface area contributed by atoms with Gasteiger partial charge in [-0.1, -0.05) is 38.2 Å². The van der Waals surface area contributed by atoms with Gasteiger partial charge in [-0.25, -0.2) is 0 Å². The second-order valence-corrected chi connectivity index (χ2v) is 4.64. The summed E-state index contributed by atoms with van der Waals surface area (Å²) in [7, 11) is 0. The Labute approximate surface area is 93.9 Å². The van der Waals surface area contributed by atoms with Crippen molar-refractivity contribution in [1.82, 2.24) is 0 Å². The number of unbranched alkanes of at least 4 members (excludes halogenated alkanes) is 4. The highest BCUT2D eigenvalue weighted by Crippen LogP contribution is 2.20. The number of hydrogen-bond acceptors (Lipinski definition) is 1. The van der Waals surface area contributed by atoms with Crippen LogP contribution in [0.3, 0.4) is 0 Å². The van der Waals surface area contributed by atoms with Gasteiger partial charge >= 0.3 is 0 Å². The third kappa shape index (κ3) is 5.76. The molecule has 0 aromatic heterocycles. The predicted molar refractivity (Wildman–Crippen MR) is 64.9 cm³/mol. The molecule has 0 saturated carbocycles. The number of rotatable bonds is 6. The van der Waals surface area contributed by atoms with Crippen LogP contribution in [-0.2, 0) is 4.79 Å². The van der Waals surface area contributed by atoms with Crippen molar-refractivity contribution in [3.8, 4) is 0 Å². The van der Waals surface area contributed by atoms with Gasteiger partial charge in [-0.2, -0.15) is 0 Å². The predicted octanol–water partition coefficient (Wildman–Crippen LogP) is 4.42. The number of carbonyl (C=O) groups is 1. The van der Waals surface area contributed by atoms with Gasteiger partial charge in [0.25, 0.3) is 0 Å². The van der Waals surface area contributed by atoms with E-state index in [0.29, 0.717) is 5.78 Å². The van der Waals surface area contributed by atoms with E-state index in [9.17, 15) is 4.79 Å². The average molecular weight is 208 g/mol. The summed E-state index contributed by atoms with van der Waals surface area (Å²) in [5.74, 6) is 0.357. The molecule has 15 heavy (non-hydrogen) atoms. The van der Waals surface area contributed by atoms with Crippen LogP contribution in [0.15, 0.2) is 11.6 Å². The number of hydrogen-bond donors (Lipinski definition) is 0. The van der Waals surface area contributed by atoms with Crippen molar-refractivity contribution >= 4 is 5.78 Å². The zero-order valence-corrected chi connectivity index (χ0v) is 10.1. The van der Waals surface area contributed by atoms with E-state index in [1.165, 1.54) is 50.5 Å². The molecule has 0 spiro atoms. The van der Waals surface area contributed by atoms with Crippen LogP contribution in [-0.4, -0.2) is 5.78 Å². The number of ketones is 1. The van der Waals surface area contributed by atoms with Crippen LogP contribution < -0.4 is 0 Å². The lowest BCUT2D eigenvalue weighted by atomic mass is 10.0. The molecule has 0 fully saturated rings. The first kappa shape index (κ1) is 12.5. The third-order valence-electron chi connectivity index (χ3n) is 3.14. The van der Waals surface area contributed by atoms with E-state index in [1.54, 1.807) is 0 Å². The first-order valence-corrected chi connectivity index (χ1v) is 6.55. The third-order valence-corrected chi connectivity index (χ3v) is 3.14. The molecule has 0 radical (unpaired) electrons. The summed E-state index contributed by atoms with van der Waals surface area (Å²) < 4.78 is 0. The van der Waals surface area contributed by atoms with E-state index in [-0.39, 0.29) is 0 Å². The molecule has 0 atom stereocenters. The Morgan fingerprint density at radius 2 is 1.80 bits per heavy atom. The summed E-state index contributed by atoms with van der Waals surface area (Å²) in [5.41, 5.74) is 1.41. The van der Waals surface area contributed by atoms with Gasteiger partial charge in [0.15, 0.2) is 5.78 Å². The Hall–Kier alpha value is -0.590. The first-order chi connectivity index (χ1) is 7.33. The number of carbonyl (C=O) groups excluding carboxylic acids is 1. The van der Waals surface area contributed by atoms with E-state index in [2.05, 4.69) is 6.92 Å². The zero-order chi connectivity index (χ0) is 10.9. The van der Waals surface area contributed by atoms with Gasteiger partial charge in [-0.05, 0) is 38.2 Å². The standard InChI is InChI=1S/C14H24O/c1-2-3-4-5-6-9-13-10-7-8-11-14(15)12-13/h12H,2-11H2,1H3. The fraction of sp³-hybridized carbons (Fsp3) is 0.786. The summed E-state index contributed by atoms with van der Waals surface area (Å²) in [6.45, 7) is 2.24. The quantitative estimate of drug-likeness (QED) is 0.591. The summed E-state index contributed by atoms with van der Waals surface area (Å²) in [5, 5.41) is 0. The largest absolute Gasteiger partial charge is 0.295 e. The molecule has 0 bridgehead atoms. The maximum Gasteiger partial charge on any atom is 0.155 e. The molecule has 0 heterocycles. The van der Waals surface area contributed by atoms with Crippen LogP contribution in [0.2, 0.25) is 0 Å². The molecule has 0 saturated heterocycles. The topological polar surface area (TPSA) is 17.1 Å². The van der Waals surface area contributed by atoms with Crippen LogP contribution in [0, 0.1) is 0 Å². The molecule has 1 aliphatic rings. The van der Waals surface area contributed by atoms with Crippen LogP contribution in [0.1, 0.15) is 71.1 Å². The maximum absolute atomic E-state index is 11.4. The Morgan fingerprint density at radius 3 is 2.60 bits per heavy atom. The van der Waals surface area contributed by atoms with Crippen molar-refractivity contribution in [2.24, 2.45) is 0 Å². The molecule has 86 valence electrons. The molecular formula is C14H24O. The lowest BCUT2D eigenvalue weighted by Crippen LogP contribution is -1.90. The van der Waals surface area contributed by atoms with Crippen LogP contribution in [0.4, 0.5) is 0 Å². The average Bonchev–Trinajstić information content (AvgIpc) is 2.43. The highest BCUT2D eigenvalue weighted by molar-refractivity contribution is 5.90. The molecular weight excluding hydrogens is 184 g/mol. The van der Waals surface area contributed by atoms with Gasteiger partial charge < -0.3 is 0 Å². The Morgan fingerprint density at radius 1 is 1.07 bits per heavy atom. The minimum Gasteiger partial charge on any atom is -0.295 e. The van der Waals surface area contributed by atoms with E-state index in [1.807, 2.05) is 6.08 Å². The van der Waals surface area contributed by atoms with Gasteiger partial charge in [0.2, 0.25) is 0 Å². The molecule has 0 aromatic rings. The zero-order valence-electron chi connectivity index (χ0n) is 10.1. The normalized spacial score (nSPS) is 17.4. The second-order valence-electron chi connectivity index (χ2n) is 4.64. The van der Waals surface area contributed by atoms with E-state index in [4.69, 9.17) is 0 Å². The van der Waals surface area contributed by atoms with Gasteiger partial charge in [-0.3, -0.25) is 4.79 Å². The molecule has 0 aliphatic heterocycles. The highest BCUT2D eigenvalue weighted by atomic mass is 16.1. The Kier molecular flexibility index (Phi) is 6.38. The Balaban J connectivity index is 2.16. The SMILES string of the molecule is CCCCCCCC1=CC(=O)CCCC1. The van der Waals surface area contributed by atoms with Gasteiger partial charge in [0.1, 0.15) is 0 Å². The second kappa shape index (κ2) is 7.67. The fourth-order valence-electron chi connectivity index (χ4n) is 2.18. The molecule has 0 aromatic carbocycles. The summed E-state index contributed by atoms with van der Waals surface area (Å²) in [4.78, 5) is 11.4. The molecule has 0 unspecified atom stereocenters. The molecule has 0 N–H and O–H groups in total. The van der Waals surface area contributed by atoms with Crippen molar-refractivity contribution in [2.45, 2.75) is 71.1 Å². The van der Waals surface area contributed by atoms with Gasteiger partial charge in [0.05, 0.1) is 0 Å². The minimum absolute atomic E-state index is 0.357. The van der Waals surface area contributed by atoms with Gasteiger partial charge in [0, 0.05) is 6.42 Å². The Bertz CT molecular complexity index is 215. The van der Waals surface area contributed by atoms with Gasteiger partial charge in [-0.15, -0.1) is 0 Å². The fourth-order valence-corrected chi connectivity index (χ4v) is 2.18. The highest BCUT2D eigenvalue weighted by Gasteiger charge is 2.07. The molecule has 1 rings (SSSR count). The lowest BCUT2D eigenvalue weighted by Gasteiger charge is -2.04. The smallest absolute Gasteiger partial charge is 0.155 e. The summed E-state index contributed by atoms with van der Waals surface area (Å²) >= 11 is 0. The molecule has 1 aliphatic carbocycles. The number of allylic oxidation sites excluding steroid dienone is 2. The summed E-state index contributed by atoms with van der Waals surface area (Å²) in [6.07, 6.45) is 14.0. The molecule has 1 nitrogen and oxygen atoms in total. The van der Waals surface area contributed by atoms with Crippen LogP contribution in [0.25, 0.3) is 0 Å². The summed E-state index contributed by atoms with van der Waals surface area (Å²) in [6, 6.07) is 0. The lowest BCUT2D eigenvalue weighted by molar-refractivity contribution is -0.114. The van der Waals surface area contributed by atoms with Crippen molar-refractivity contribution in [3.63, 3.8) is 0 Å². The molecule has 1 heteroatoms. The monoisotopic (exact) mass is 208 g/mol. The van der Waals surface area contributed by atoms with E-state index < -0.39 is 0 Å².